The number of hydrogen-bond acceptors (Lipinski definition) is 1. The predicted octanol–water partition coefficient (Wildman–Crippen LogP) is 0.849. The van der Waals surface area contributed by atoms with Crippen LogP contribution in [-0.4, -0.2) is 54.9 Å². The van der Waals surface area contributed by atoms with Crippen LogP contribution in [0.4, 0.5) is 0 Å². The van der Waals surface area contributed by atoms with Gasteiger partial charge in [0, 0.05) is 10.8 Å². The molecule has 0 fully saturated rings. The number of rotatable bonds is 3. The molecule has 1 aromatic heterocycles. The SMILES string of the molecule is Bc1c(B)c(B)c(-c2ccc3c(c2)oc2cccc(-c4c5cccc(B)c5c(C5=C/C(=C)/C=C\C(C)/C=C\C(=C)/C=C\5)c5c(B)cccc45)c23)c(B)c1B. The zero-order valence-corrected chi connectivity index (χ0v) is 32.9. The standard InChI is InChI=1S/C46H41B7O/c1-23-13-14-24(2)17-18-26(21-25(3)16-15-23)36-40-30(7-4-10-32(40)47)38(31-8-5-11-33(48)41(31)36)29-9-6-12-34-39(29)28-20-19-27(22-35(28)54-34)37-42(49)44(51)46(53)45(52)43(37)50/h4-23H,2-3,47-53H2,1H3/b14-13-,16-15-,18-17-,26-21+. The van der Waals surface area contributed by atoms with E-state index in [1.807, 2.05) is 0 Å². The summed E-state index contributed by atoms with van der Waals surface area (Å²) >= 11 is 0. The maximum atomic E-state index is 6.77. The number of hydrogen-bond donors (Lipinski definition) is 0. The molecular weight excluding hydrogens is 644 g/mol. The van der Waals surface area contributed by atoms with Gasteiger partial charge in [-0.2, -0.15) is 0 Å². The largest absolute Gasteiger partial charge is 0.456 e. The molecule has 1 aliphatic carbocycles. The molecule has 1 atom stereocenters. The zero-order chi connectivity index (χ0) is 38.0. The summed E-state index contributed by atoms with van der Waals surface area (Å²) in [4.78, 5) is 0. The van der Waals surface area contributed by atoms with Gasteiger partial charge in [0.05, 0.1) is 0 Å². The summed E-state index contributed by atoms with van der Waals surface area (Å²) < 4.78 is 6.77. The molecule has 1 nitrogen and oxygen atoms in total. The summed E-state index contributed by atoms with van der Waals surface area (Å²) in [7, 11) is 15.7. The second-order valence-corrected chi connectivity index (χ2v) is 15.4. The second-order valence-electron chi connectivity index (χ2n) is 15.4. The first-order valence-corrected chi connectivity index (χ1v) is 19.1. The van der Waals surface area contributed by atoms with Crippen LogP contribution in [0.2, 0.25) is 0 Å². The Morgan fingerprint density at radius 2 is 1.11 bits per heavy atom. The lowest BCUT2D eigenvalue weighted by atomic mass is 9.59. The molecule has 0 N–H and O–H groups in total. The van der Waals surface area contributed by atoms with Crippen LogP contribution in [0.3, 0.4) is 0 Å². The Morgan fingerprint density at radius 3 is 1.76 bits per heavy atom. The van der Waals surface area contributed by atoms with E-state index in [-0.39, 0.29) is 5.92 Å². The van der Waals surface area contributed by atoms with E-state index in [4.69, 9.17) is 4.42 Å². The fourth-order valence-electron chi connectivity index (χ4n) is 8.71. The summed E-state index contributed by atoms with van der Waals surface area (Å²) in [6.07, 6.45) is 15.2. The summed E-state index contributed by atoms with van der Waals surface area (Å²) in [5, 5.41) is 7.20. The van der Waals surface area contributed by atoms with Crippen molar-refractivity contribution in [2.24, 2.45) is 5.92 Å². The lowest BCUT2D eigenvalue weighted by molar-refractivity contribution is 0.669. The first-order chi connectivity index (χ1) is 25.9. The lowest BCUT2D eigenvalue weighted by Crippen LogP contribution is -2.55. The van der Waals surface area contributed by atoms with Gasteiger partial charge in [0.15, 0.2) is 0 Å². The molecular formula is C46H41B7O. The lowest BCUT2D eigenvalue weighted by Gasteiger charge is -2.22. The smallest absolute Gasteiger partial charge is 0.140 e. The van der Waals surface area contributed by atoms with Crippen molar-refractivity contribution in [2.45, 2.75) is 6.92 Å². The van der Waals surface area contributed by atoms with E-state index in [0.717, 1.165) is 38.7 Å². The highest BCUT2D eigenvalue weighted by atomic mass is 16.3. The van der Waals surface area contributed by atoms with Gasteiger partial charge in [-0.1, -0.05) is 133 Å². The molecule has 1 heterocycles. The normalized spacial score (nSPS) is 17.8. The molecule has 0 aliphatic heterocycles. The fourth-order valence-corrected chi connectivity index (χ4v) is 8.71. The highest BCUT2D eigenvalue weighted by Crippen LogP contribution is 2.45. The van der Waals surface area contributed by atoms with Crippen molar-refractivity contribution in [3.63, 3.8) is 0 Å². The summed E-state index contributed by atoms with van der Waals surface area (Å²) in [5.41, 5.74) is 20.2. The van der Waals surface area contributed by atoms with Gasteiger partial charge >= 0.3 is 0 Å². The molecule has 8 rings (SSSR count). The van der Waals surface area contributed by atoms with Crippen molar-refractivity contribution in [3.05, 3.63) is 145 Å². The van der Waals surface area contributed by atoms with Crippen LogP contribution in [0.5, 0.6) is 0 Å². The third-order valence-corrected chi connectivity index (χ3v) is 12.0. The van der Waals surface area contributed by atoms with Crippen LogP contribution in [0, 0.1) is 5.92 Å². The average molecular weight is 686 g/mol. The molecule has 0 saturated carbocycles. The Morgan fingerprint density at radius 1 is 0.519 bits per heavy atom. The fraction of sp³-hybridized carbons (Fsp3) is 0.0435. The quantitative estimate of drug-likeness (QED) is 0.199. The van der Waals surface area contributed by atoms with Gasteiger partial charge in [0.2, 0.25) is 0 Å². The first-order valence-electron chi connectivity index (χ1n) is 19.1. The molecule has 7 aromatic rings. The van der Waals surface area contributed by atoms with Crippen LogP contribution in [-0.2, 0) is 0 Å². The van der Waals surface area contributed by atoms with E-state index in [1.165, 1.54) is 87.6 Å². The maximum Gasteiger partial charge on any atom is 0.140 e. The van der Waals surface area contributed by atoms with Gasteiger partial charge in [-0.25, -0.2) is 0 Å². The molecule has 1 unspecified atom stereocenters. The van der Waals surface area contributed by atoms with Crippen molar-refractivity contribution < 1.29 is 4.42 Å². The Hall–Kier alpha value is -5.47. The molecule has 0 bridgehead atoms. The minimum atomic E-state index is 0.282. The van der Waals surface area contributed by atoms with E-state index < -0.39 is 0 Å². The van der Waals surface area contributed by atoms with E-state index in [9.17, 15) is 0 Å². The molecule has 1 aliphatic rings. The summed E-state index contributed by atoms with van der Waals surface area (Å²) in [6.45, 7) is 11.0. The van der Waals surface area contributed by atoms with Gasteiger partial charge in [-0.15, -0.1) is 16.4 Å². The average Bonchev–Trinajstić information content (AvgIpc) is 3.53. The molecule has 0 spiro atoms. The number of benzene rings is 6. The Labute approximate surface area is 325 Å². The third-order valence-electron chi connectivity index (χ3n) is 12.0. The van der Waals surface area contributed by atoms with Gasteiger partial charge in [0.1, 0.15) is 66.1 Å². The van der Waals surface area contributed by atoms with E-state index in [1.54, 1.807) is 0 Å². The molecule has 0 radical (unpaired) electrons. The van der Waals surface area contributed by atoms with Crippen LogP contribution in [0.25, 0.3) is 71.3 Å². The van der Waals surface area contributed by atoms with Crippen molar-refractivity contribution in [3.8, 4) is 22.3 Å². The van der Waals surface area contributed by atoms with Crippen molar-refractivity contribution in [1.29, 1.82) is 0 Å². The number of fused-ring (bicyclic) bond motifs is 5. The summed E-state index contributed by atoms with van der Waals surface area (Å²) in [5.74, 6) is 0.282. The minimum absolute atomic E-state index is 0.282. The molecule has 8 heteroatoms. The minimum Gasteiger partial charge on any atom is -0.456 e. The van der Waals surface area contributed by atoms with E-state index in [2.05, 4.69) is 190 Å². The summed E-state index contributed by atoms with van der Waals surface area (Å²) in [6, 6.07) is 26.8. The van der Waals surface area contributed by atoms with Gasteiger partial charge < -0.3 is 4.42 Å². The maximum absolute atomic E-state index is 6.77. The monoisotopic (exact) mass is 686 g/mol. The van der Waals surface area contributed by atoms with Gasteiger partial charge in [-0.05, 0) is 96.3 Å². The number of allylic oxidation sites excluding steroid dienone is 10. The molecule has 0 saturated heterocycles. The molecule has 252 valence electrons. The molecule has 0 amide bonds. The molecule has 54 heavy (non-hydrogen) atoms. The Bertz CT molecular complexity index is 2810. The van der Waals surface area contributed by atoms with Crippen LogP contribution in [0.1, 0.15) is 12.5 Å². The Kier molecular flexibility index (Phi) is 9.05. The van der Waals surface area contributed by atoms with Crippen LogP contribution < -0.4 is 38.2 Å². The van der Waals surface area contributed by atoms with Crippen molar-refractivity contribution in [2.75, 3.05) is 0 Å². The zero-order valence-electron chi connectivity index (χ0n) is 32.9. The van der Waals surface area contributed by atoms with E-state index in [0.29, 0.717) is 0 Å². The third kappa shape index (κ3) is 5.84. The highest BCUT2D eigenvalue weighted by molar-refractivity contribution is 6.68. The Balaban J connectivity index is 1.44. The highest BCUT2D eigenvalue weighted by Gasteiger charge is 2.23. The van der Waals surface area contributed by atoms with E-state index >= 15 is 0 Å². The van der Waals surface area contributed by atoms with Crippen LogP contribution >= 0.6 is 0 Å². The first kappa shape index (κ1) is 35.6. The van der Waals surface area contributed by atoms with Crippen molar-refractivity contribution >= 4 is 142 Å². The van der Waals surface area contributed by atoms with Crippen LogP contribution in [0.15, 0.2) is 144 Å². The number of furan rings is 1. The van der Waals surface area contributed by atoms with Crippen molar-refractivity contribution in [1.82, 2.24) is 0 Å². The molecule has 6 aromatic carbocycles. The second kappa shape index (κ2) is 13.7. The topological polar surface area (TPSA) is 13.1 Å². The van der Waals surface area contributed by atoms with Gasteiger partial charge in [-0.3, -0.25) is 0 Å². The van der Waals surface area contributed by atoms with Gasteiger partial charge in [0.25, 0.3) is 0 Å². The predicted molar refractivity (Wildman–Crippen MR) is 260 cm³/mol.